The third kappa shape index (κ3) is 2.60. The van der Waals surface area contributed by atoms with Crippen molar-refractivity contribution in [2.75, 3.05) is 0 Å². The zero-order valence-corrected chi connectivity index (χ0v) is 9.45. The van der Waals surface area contributed by atoms with E-state index in [2.05, 4.69) is 31.2 Å². The van der Waals surface area contributed by atoms with Crippen LogP contribution in [0.5, 0.6) is 0 Å². The summed E-state index contributed by atoms with van der Waals surface area (Å²) in [5, 5.41) is 9.81. The van der Waals surface area contributed by atoms with Gasteiger partial charge < -0.3 is 5.11 Å². The van der Waals surface area contributed by atoms with Gasteiger partial charge in [-0.25, -0.2) is 0 Å². The van der Waals surface area contributed by atoms with E-state index in [1.54, 1.807) is 0 Å². The first kappa shape index (κ1) is 10.7. The van der Waals surface area contributed by atoms with Crippen LogP contribution in [0.25, 0.3) is 0 Å². The second kappa shape index (κ2) is 4.80. The van der Waals surface area contributed by atoms with E-state index >= 15 is 0 Å². The maximum absolute atomic E-state index is 9.81. The number of rotatable bonds is 1. The van der Waals surface area contributed by atoms with Crippen LogP contribution >= 0.6 is 0 Å². The highest BCUT2D eigenvalue weighted by molar-refractivity contribution is 5.29. The monoisotopic (exact) mass is 204 g/mol. The Bertz CT molecular complexity index is 319. The number of aliphatic hydroxyl groups excluding tert-OH is 1. The quantitative estimate of drug-likeness (QED) is 0.695. The zero-order chi connectivity index (χ0) is 10.7. The molecule has 0 unspecified atom stereocenters. The SMILES string of the molecule is Cc1ccccc1[C@H]1CCCC[C@@H](O)C1. The lowest BCUT2D eigenvalue weighted by atomic mass is 9.88. The highest BCUT2D eigenvalue weighted by Gasteiger charge is 2.20. The van der Waals surface area contributed by atoms with Crippen molar-refractivity contribution in [1.82, 2.24) is 0 Å². The van der Waals surface area contributed by atoms with Crippen molar-refractivity contribution in [3.63, 3.8) is 0 Å². The third-order valence-electron chi connectivity index (χ3n) is 3.52. The van der Waals surface area contributed by atoms with E-state index in [0.29, 0.717) is 5.92 Å². The van der Waals surface area contributed by atoms with Crippen LogP contribution in [0, 0.1) is 6.92 Å². The molecule has 15 heavy (non-hydrogen) atoms. The molecule has 1 aromatic rings. The van der Waals surface area contributed by atoms with Gasteiger partial charge in [0.2, 0.25) is 0 Å². The van der Waals surface area contributed by atoms with Crippen LogP contribution in [0.15, 0.2) is 24.3 Å². The summed E-state index contributed by atoms with van der Waals surface area (Å²) >= 11 is 0. The van der Waals surface area contributed by atoms with Crippen molar-refractivity contribution in [2.45, 2.75) is 51.0 Å². The smallest absolute Gasteiger partial charge is 0.0546 e. The van der Waals surface area contributed by atoms with Gasteiger partial charge >= 0.3 is 0 Å². The summed E-state index contributed by atoms with van der Waals surface area (Å²) in [6, 6.07) is 8.59. The molecule has 1 aliphatic rings. The van der Waals surface area contributed by atoms with E-state index in [4.69, 9.17) is 0 Å². The van der Waals surface area contributed by atoms with Crippen molar-refractivity contribution in [3.8, 4) is 0 Å². The van der Waals surface area contributed by atoms with Gasteiger partial charge in [0.1, 0.15) is 0 Å². The first-order valence-electron chi connectivity index (χ1n) is 6.01. The van der Waals surface area contributed by atoms with Gasteiger partial charge in [-0.05, 0) is 43.2 Å². The van der Waals surface area contributed by atoms with Gasteiger partial charge in [-0.3, -0.25) is 0 Å². The molecule has 0 aliphatic heterocycles. The second-order valence-corrected chi connectivity index (χ2v) is 4.73. The molecule has 0 saturated heterocycles. The van der Waals surface area contributed by atoms with Gasteiger partial charge in [-0.15, -0.1) is 0 Å². The fourth-order valence-electron chi connectivity index (χ4n) is 2.66. The first-order valence-corrected chi connectivity index (χ1v) is 6.01. The Hall–Kier alpha value is -0.820. The molecule has 1 N–H and O–H groups in total. The predicted octanol–water partition coefficient (Wildman–Crippen LogP) is 3.40. The molecule has 82 valence electrons. The van der Waals surface area contributed by atoms with Crippen LogP contribution in [0.2, 0.25) is 0 Å². The van der Waals surface area contributed by atoms with E-state index in [1.165, 1.54) is 30.4 Å². The average molecular weight is 204 g/mol. The molecule has 0 aromatic heterocycles. The van der Waals surface area contributed by atoms with Crippen molar-refractivity contribution in [2.24, 2.45) is 0 Å². The summed E-state index contributed by atoms with van der Waals surface area (Å²) in [6.07, 6.45) is 5.53. The highest BCUT2D eigenvalue weighted by Crippen LogP contribution is 2.33. The molecule has 0 heterocycles. The minimum absolute atomic E-state index is 0.0860. The summed E-state index contributed by atoms with van der Waals surface area (Å²) in [5.41, 5.74) is 2.81. The lowest BCUT2D eigenvalue weighted by Gasteiger charge is -2.18. The summed E-state index contributed by atoms with van der Waals surface area (Å²) in [7, 11) is 0. The van der Waals surface area contributed by atoms with Crippen LogP contribution < -0.4 is 0 Å². The Labute approximate surface area is 92.1 Å². The van der Waals surface area contributed by atoms with Crippen LogP contribution in [0.1, 0.15) is 49.1 Å². The van der Waals surface area contributed by atoms with Gasteiger partial charge in [0, 0.05) is 0 Å². The summed E-state index contributed by atoms with van der Waals surface area (Å²) in [5.74, 6) is 0.573. The van der Waals surface area contributed by atoms with Crippen LogP contribution in [0.4, 0.5) is 0 Å². The van der Waals surface area contributed by atoms with Crippen LogP contribution in [-0.4, -0.2) is 11.2 Å². The van der Waals surface area contributed by atoms with E-state index in [-0.39, 0.29) is 6.10 Å². The van der Waals surface area contributed by atoms with Gasteiger partial charge in [-0.2, -0.15) is 0 Å². The standard InChI is InChI=1S/C14H20O/c1-11-6-2-5-9-14(11)12-7-3-4-8-13(15)10-12/h2,5-6,9,12-13,15H,3-4,7-8,10H2,1H3/t12-,13+/m0/s1. The Morgan fingerprint density at radius 1 is 1.13 bits per heavy atom. The summed E-state index contributed by atoms with van der Waals surface area (Å²) in [4.78, 5) is 0. The van der Waals surface area contributed by atoms with Crippen LogP contribution in [0.3, 0.4) is 0 Å². The van der Waals surface area contributed by atoms with Crippen molar-refractivity contribution < 1.29 is 5.11 Å². The Kier molecular flexibility index (Phi) is 3.42. The lowest BCUT2D eigenvalue weighted by Crippen LogP contribution is -2.10. The Morgan fingerprint density at radius 3 is 2.67 bits per heavy atom. The number of hydrogen-bond acceptors (Lipinski definition) is 1. The predicted molar refractivity (Wildman–Crippen MR) is 63.0 cm³/mol. The molecule has 2 rings (SSSR count). The van der Waals surface area contributed by atoms with Crippen LogP contribution in [-0.2, 0) is 0 Å². The average Bonchev–Trinajstić information content (AvgIpc) is 2.43. The molecule has 1 fully saturated rings. The molecule has 0 amide bonds. The molecular formula is C14H20O. The molecule has 1 aliphatic carbocycles. The van der Waals surface area contributed by atoms with E-state index < -0.39 is 0 Å². The van der Waals surface area contributed by atoms with Gasteiger partial charge in [-0.1, -0.05) is 37.1 Å². The minimum Gasteiger partial charge on any atom is -0.393 e. The van der Waals surface area contributed by atoms with E-state index in [0.717, 1.165) is 12.8 Å². The van der Waals surface area contributed by atoms with E-state index in [1.807, 2.05) is 0 Å². The molecule has 2 atom stereocenters. The van der Waals surface area contributed by atoms with E-state index in [9.17, 15) is 5.11 Å². The maximum Gasteiger partial charge on any atom is 0.0546 e. The number of aryl methyl sites for hydroxylation is 1. The van der Waals surface area contributed by atoms with Gasteiger partial charge in [0.05, 0.1) is 6.10 Å². The Morgan fingerprint density at radius 2 is 1.87 bits per heavy atom. The number of benzene rings is 1. The second-order valence-electron chi connectivity index (χ2n) is 4.73. The van der Waals surface area contributed by atoms with Gasteiger partial charge in [0.15, 0.2) is 0 Å². The molecule has 0 radical (unpaired) electrons. The molecule has 1 heteroatoms. The van der Waals surface area contributed by atoms with Crippen molar-refractivity contribution >= 4 is 0 Å². The molecule has 1 nitrogen and oxygen atoms in total. The summed E-state index contributed by atoms with van der Waals surface area (Å²) in [6.45, 7) is 2.17. The fraction of sp³-hybridized carbons (Fsp3) is 0.571. The lowest BCUT2D eigenvalue weighted by molar-refractivity contribution is 0.152. The Balaban J connectivity index is 2.18. The fourth-order valence-corrected chi connectivity index (χ4v) is 2.66. The topological polar surface area (TPSA) is 20.2 Å². The maximum atomic E-state index is 9.81. The number of aliphatic hydroxyl groups is 1. The normalized spacial score (nSPS) is 27.3. The molecular weight excluding hydrogens is 184 g/mol. The summed E-state index contributed by atoms with van der Waals surface area (Å²) < 4.78 is 0. The number of hydrogen-bond donors (Lipinski definition) is 1. The third-order valence-corrected chi connectivity index (χ3v) is 3.52. The van der Waals surface area contributed by atoms with Gasteiger partial charge in [0.25, 0.3) is 0 Å². The highest BCUT2D eigenvalue weighted by atomic mass is 16.3. The van der Waals surface area contributed by atoms with Crippen molar-refractivity contribution in [1.29, 1.82) is 0 Å². The molecule has 1 aromatic carbocycles. The molecule has 0 bridgehead atoms. The first-order chi connectivity index (χ1) is 7.27. The molecule has 0 spiro atoms. The van der Waals surface area contributed by atoms with Crippen molar-refractivity contribution in [3.05, 3.63) is 35.4 Å². The zero-order valence-electron chi connectivity index (χ0n) is 9.45. The largest absolute Gasteiger partial charge is 0.393 e. The molecule has 1 saturated carbocycles. The minimum atomic E-state index is -0.0860.